The van der Waals surface area contributed by atoms with Gasteiger partial charge >= 0.3 is 0 Å². The van der Waals surface area contributed by atoms with Crippen LogP contribution in [0.2, 0.25) is 0 Å². The van der Waals surface area contributed by atoms with E-state index in [0.717, 1.165) is 17.7 Å². The van der Waals surface area contributed by atoms with Crippen LogP contribution in [0.25, 0.3) is 0 Å². The molecule has 1 N–H and O–H groups in total. The van der Waals surface area contributed by atoms with Gasteiger partial charge in [0.25, 0.3) is 5.91 Å². The van der Waals surface area contributed by atoms with E-state index in [4.69, 9.17) is 4.74 Å². The summed E-state index contributed by atoms with van der Waals surface area (Å²) in [6, 6.07) is 17.0. The number of para-hydroxylation sites is 1. The predicted molar refractivity (Wildman–Crippen MR) is 105 cm³/mol. The quantitative estimate of drug-likeness (QED) is 0.855. The Labute approximate surface area is 160 Å². The minimum atomic E-state index is -0.291. The molecule has 1 aliphatic rings. The summed E-state index contributed by atoms with van der Waals surface area (Å²) in [7, 11) is 1.63. The van der Waals surface area contributed by atoms with Crippen LogP contribution in [0.4, 0.5) is 0 Å². The molecule has 1 heterocycles. The van der Waals surface area contributed by atoms with Crippen LogP contribution in [0, 0.1) is 5.92 Å². The Morgan fingerprint density at radius 3 is 2.48 bits per heavy atom. The van der Waals surface area contributed by atoms with Crippen molar-refractivity contribution >= 4 is 11.8 Å². The van der Waals surface area contributed by atoms with Crippen LogP contribution in [0.3, 0.4) is 0 Å². The van der Waals surface area contributed by atoms with Crippen LogP contribution < -0.4 is 10.1 Å². The lowest BCUT2D eigenvalue weighted by Gasteiger charge is -2.20. The zero-order valence-electron chi connectivity index (χ0n) is 15.9. The summed E-state index contributed by atoms with van der Waals surface area (Å²) in [5.74, 6) is 0.327. The molecule has 2 atom stereocenters. The maximum Gasteiger partial charge on any atom is 0.253 e. The summed E-state index contributed by atoms with van der Waals surface area (Å²) in [4.78, 5) is 27.5. The maximum absolute atomic E-state index is 12.9. The largest absolute Gasteiger partial charge is 0.496 e. The number of methoxy groups -OCH3 is 1. The molecule has 1 aliphatic heterocycles. The van der Waals surface area contributed by atoms with Crippen molar-refractivity contribution in [3.05, 3.63) is 65.7 Å². The van der Waals surface area contributed by atoms with Crippen molar-refractivity contribution in [1.82, 2.24) is 10.2 Å². The highest BCUT2D eigenvalue weighted by atomic mass is 16.5. The Hall–Kier alpha value is -2.82. The van der Waals surface area contributed by atoms with Gasteiger partial charge in [-0.05, 0) is 30.2 Å². The van der Waals surface area contributed by atoms with Gasteiger partial charge in [0.05, 0.1) is 13.0 Å². The molecule has 27 heavy (non-hydrogen) atoms. The van der Waals surface area contributed by atoms with E-state index < -0.39 is 0 Å². The monoisotopic (exact) mass is 366 g/mol. The molecule has 2 aromatic rings. The van der Waals surface area contributed by atoms with Gasteiger partial charge in [-0.25, -0.2) is 0 Å². The molecular weight excluding hydrogens is 340 g/mol. The first-order chi connectivity index (χ1) is 13.2. The van der Waals surface area contributed by atoms with Crippen LogP contribution in [0.15, 0.2) is 54.6 Å². The van der Waals surface area contributed by atoms with Gasteiger partial charge < -0.3 is 15.0 Å². The molecule has 0 bridgehead atoms. The van der Waals surface area contributed by atoms with Crippen molar-refractivity contribution in [2.45, 2.75) is 19.3 Å². The van der Waals surface area contributed by atoms with E-state index in [0.29, 0.717) is 25.2 Å². The van der Waals surface area contributed by atoms with Crippen molar-refractivity contribution in [2.24, 2.45) is 5.92 Å². The van der Waals surface area contributed by atoms with E-state index in [1.165, 1.54) is 0 Å². The third kappa shape index (κ3) is 4.13. The zero-order valence-corrected chi connectivity index (χ0v) is 15.9. The van der Waals surface area contributed by atoms with Crippen molar-refractivity contribution in [1.29, 1.82) is 0 Å². The molecule has 5 heteroatoms. The Kier molecular flexibility index (Phi) is 6.12. The maximum atomic E-state index is 12.9. The number of nitrogens with zero attached hydrogens (tertiary/aromatic N) is 1. The highest BCUT2D eigenvalue weighted by molar-refractivity contribution is 5.95. The van der Waals surface area contributed by atoms with Crippen LogP contribution in [0.5, 0.6) is 5.75 Å². The highest BCUT2D eigenvalue weighted by Crippen LogP contribution is 2.38. The number of ether oxygens (including phenoxy) is 1. The summed E-state index contributed by atoms with van der Waals surface area (Å²) in [6.07, 6.45) is 0.879. The van der Waals surface area contributed by atoms with Crippen LogP contribution in [-0.2, 0) is 4.79 Å². The number of hydrogen-bond acceptors (Lipinski definition) is 3. The number of nitrogens with one attached hydrogen (secondary N) is 1. The Balaban J connectivity index is 1.89. The van der Waals surface area contributed by atoms with Gasteiger partial charge in [-0.2, -0.15) is 0 Å². The van der Waals surface area contributed by atoms with Gasteiger partial charge in [0.2, 0.25) is 5.91 Å². The van der Waals surface area contributed by atoms with Gasteiger partial charge in [-0.15, -0.1) is 0 Å². The van der Waals surface area contributed by atoms with Gasteiger partial charge in [0, 0.05) is 31.1 Å². The number of carbonyl (C=O) groups is 2. The SMILES string of the molecule is CCCNC(=O)[C@@H]1CN(C(=O)c2ccccc2)C[C@@H]1c1ccccc1OC. The number of rotatable bonds is 6. The Morgan fingerprint density at radius 2 is 1.78 bits per heavy atom. The lowest BCUT2D eigenvalue weighted by atomic mass is 9.87. The first-order valence-corrected chi connectivity index (χ1v) is 9.40. The molecule has 0 aliphatic carbocycles. The van der Waals surface area contributed by atoms with Crippen LogP contribution in [-0.4, -0.2) is 43.5 Å². The summed E-state index contributed by atoms with van der Waals surface area (Å²) >= 11 is 0. The van der Waals surface area contributed by atoms with Gasteiger partial charge in [0.1, 0.15) is 5.75 Å². The Bertz CT molecular complexity index is 791. The fourth-order valence-electron chi connectivity index (χ4n) is 3.67. The summed E-state index contributed by atoms with van der Waals surface area (Å²) in [6.45, 7) is 3.57. The zero-order chi connectivity index (χ0) is 19.2. The molecule has 0 saturated carbocycles. The van der Waals surface area contributed by atoms with E-state index in [1.54, 1.807) is 12.0 Å². The lowest BCUT2D eigenvalue weighted by Crippen LogP contribution is -2.36. The molecule has 2 aromatic carbocycles. The Morgan fingerprint density at radius 1 is 1.07 bits per heavy atom. The summed E-state index contributed by atoms with van der Waals surface area (Å²) in [5, 5.41) is 2.99. The smallest absolute Gasteiger partial charge is 0.253 e. The average Bonchev–Trinajstić information content (AvgIpc) is 3.17. The fraction of sp³-hybridized carbons (Fsp3) is 0.364. The molecule has 3 rings (SSSR count). The third-order valence-electron chi connectivity index (χ3n) is 5.05. The van der Waals surface area contributed by atoms with Gasteiger partial charge in [0.15, 0.2) is 0 Å². The number of hydrogen-bond donors (Lipinski definition) is 1. The van der Waals surface area contributed by atoms with Gasteiger partial charge in [-0.3, -0.25) is 9.59 Å². The van der Waals surface area contributed by atoms with Gasteiger partial charge in [-0.1, -0.05) is 43.3 Å². The number of amides is 2. The van der Waals surface area contributed by atoms with E-state index in [-0.39, 0.29) is 23.7 Å². The topological polar surface area (TPSA) is 58.6 Å². The van der Waals surface area contributed by atoms with E-state index in [1.807, 2.05) is 61.5 Å². The molecule has 0 aromatic heterocycles. The number of benzene rings is 2. The normalized spacial score (nSPS) is 19.0. The minimum Gasteiger partial charge on any atom is -0.496 e. The average molecular weight is 366 g/mol. The van der Waals surface area contributed by atoms with Crippen molar-refractivity contribution in [2.75, 3.05) is 26.7 Å². The van der Waals surface area contributed by atoms with Crippen molar-refractivity contribution in [3.8, 4) is 5.75 Å². The number of likely N-dealkylation sites (tertiary alicyclic amines) is 1. The molecule has 2 amide bonds. The second kappa shape index (κ2) is 8.71. The van der Waals surface area contributed by atoms with Crippen molar-refractivity contribution in [3.63, 3.8) is 0 Å². The molecule has 5 nitrogen and oxygen atoms in total. The first-order valence-electron chi connectivity index (χ1n) is 9.40. The minimum absolute atomic E-state index is 0.00359. The van der Waals surface area contributed by atoms with Crippen molar-refractivity contribution < 1.29 is 14.3 Å². The summed E-state index contributed by atoms with van der Waals surface area (Å²) in [5.41, 5.74) is 1.62. The predicted octanol–water partition coefficient (Wildman–Crippen LogP) is 3.08. The summed E-state index contributed by atoms with van der Waals surface area (Å²) < 4.78 is 5.51. The van der Waals surface area contributed by atoms with Crippen LogP contribution in [0.1, 0.15) is 35.2 Å². The first kappa shape index (κ1) is 19.0. The second-order valence-corrected chi connectivity index (χ2v) is 6.82. The van der Waals surface area contributed by atoms with Crippen LogP contribution >= 0.6 is 0 Å². The molecule has 1 fully saturated rings. The van der Waals surface area contributed by atoms with E-state index in [9.17, 15) is 9.59 Å². The standard InChI is InChI=1S/C22H26N2O3/c1-3-13-23-21(25)19-15-24(22(26)16-9-5-4-6-10-16)14-18(19)17-11-7-8-12-20(17)27-2/h4-12,18-19H,3,13-15H2,1-2H3,(H,23,25)/t18-,19-/m1/s1. The second-order valence-electron chi connectivity index (χ2n) is 6.82. The van der Waals surface area contributed by atoms with E-state index >= 15 is 0 Å². The molecular formula is C22H26N2O3. The third-order valence-corrected chi connectivity index (χ3v) is 5.05. The number of carbonyl (C=O) groups excluding carboxylic acids is 2. The lowest BCUT2D eigenvalue weighted by molar-refractivity contribution is -0.124. The molecule has 0 radical (unpaired) electrons. The molecule has 0 unspecified atom stereocenters. The molecule has 1 saturated heterocycles. The highest BCUT2D eigenvalue weighted by Gasteiger charge is 2.41. The van der Waals surface area contributed by atoms with E-state index in [2.05, 4.69) is 5.32 Å². The molecule has 142 valence electrons. The molecule has 0 spiro atoms. The fourth-order valence-corrected chi connectivity index (χ4v) is 3.67.